The Morgan fingerprint density at radius 3 is 2.69 bits per heavy atom. The van der Waals surface area contributed by atoms with Crippen LogP contribution in [-0.2, 0) is 6.42 Å². The zero-order valence-electron chi connectivity index (χ0n) is 14.9. The van der Waals surface area contributed by atoms with E-state index in [-0.39, 0.29) is 26.4 Å². The van der Waals surface area contributed by atoms with Crippen LogP contribution in [0.15, 0.2) is 54.6 Å². The summed E-state index contributed by atoms with van der Waals surface area (Å²) in [5.74, 6) is 0.688. The molecular weight excluding hydrogens is 387 g/mol. The summed E-state index contributed by atoms with van der Waals surface area (Å²) < 4.78 is 5.78. The Labute approximate surface area is 160 Å². The number of fused-ring (bicyclic) bond motifs is 1. The minimum atomic E-state index is 0.168. The third-order valence-electron chi connectivity index (χ3n) is 5.35. The van der Waals surface area contributed by atoms with Crippen molar-refractivity contribution in [3.8, 4) is 0 Å². The van der Waals surface area contributed by atoms with Crippen molar-refractivity contribution in [2.24, 2.45) is 0 Å². The molecule has 1 heterocycles. The average molecular weight is 409 g/mol. The number of rotatable bonds is 5. The fourth-order valence-electron chi connectivity index (χ4n) is 3.93. The van der Waals surface area contributed by atoms with Crippen LogP contribution in [0.4, 0.5) is 0 Å². The number of ketones is 1. The van der Waals surface area contributed by atoms with Gasteiger partial charge in [0.1, 0.15) is 0 Å². The molecule has 0 spiro atoms. The molecule has 1 aliphatic carbocycles. The molecule has 4 heteroatoms. The van der Waals surface area contributed by atoms with Crippen LogP contribution in [0.2, 0.25) is 0 Å². The van der Waals surface area contributed by atoms with Crippen molar-refractivity contribution in [2.45, 2.75) is 44.4 Å². The van der Waals surface area contributed by atoms with Crippen molar-refractivity contribution in [3.05, 3.63) is 81.4 Å². The predicted octanol–water partition coefficient (Wildman–Crippen LogP) is 4.32. The van der Waals surface area contributed by atoms with Gasteiger partial charge in [0.15, 0.2) is 0 Å². The zero-order valence-corrected chi connectivity index (χ0v) is 16.6. The van der Waals surface area contributed by atoms with Gasteiger partial charge >= 0.3 is 160 Å². The molecular formula is C22H22N2OSe. The quantitative estimate of drug-likeness (QED) is 0.466. The van der Waals surface area contributed by atoms with Crippen LogP contribution in [-0.4, -0.2) is 29.7 Å². The molecule has 26 heavy (non-hydrogen) atoms. The summed E-state index contributed by atoms with van der Waals surface area (Å²) in [5.41, 5.74) is 4.47. The van der Waals surface area contributed by atoms with Crippen molar-refractivity contribution >= 4 is 20.5 Å². The number of Topliss-reactive ketones (excluding diaryl/α,β-unsaturated/α-hetero) is 1. The molecule has 0 aliphatic heterocycles. The van der Waals surface area contributed by atoms with Gasteiger partial charge < -0.3 is 0 Å². The molecule has 1 aromatic heterocycles. The summed E-state index contributed by atoms with van der Waals surface area (Å²) in [4.78, 5) is 13.0. The number of carbonyl (C=O) groups is 1. The molecule has 0 fully saturated rings. The molecule has 0 saturated heterocycles. The van der Waals surface area contributed by atoms with Crippen molar-refractivity contribution in [1.29, 1.82) is 0 Å². The standard InChI is InChI=1S/C22H22N2OSe/c1-15-10-12-16(13-11-15)19(14-20(25)17-6-3-2-4-7-17)18-8-5-9-21-22(18)23-24-26-21/h2-4,6-7,10-13,18-19H,5,8-9,14H2,1H3/t18-,19-/m0/s1. The normalized spacial score (nSPS) is 17.5. The van der Waals surface area contributed by atoms with Crippen molar-refractivity contribution in [2.75, 3.05) is 0 Å². The summed E-state index contributed by atoms with van der Waals surface area (Å²) in [6, 6.07) is 18.3. The Balaban J connectivity index is 1.69. The molecule has 0 unspecified atom stereocenters. The fourth-order valence-corrected chi connectivity index (χ4v) is 5.50. The first-order chi connectivity index (χ1) is 12.7. The second kappa shape index (κ2) is 7.69. The van der Waals surface area contributed by atoms with E-state index >= 15 is 0 Å². The van der Waals surface area contributed by atoms with Gasteiger partial charge in [-0.15, -0.1) is 0 Å². The Morgan fingerprint density at radius 2 is 1.92 bits per heavy atom. The maximum atomic E-state index is 13.0. The molecule has 2 atom stereocenters. The summed E-state index contributed by atoms with van der Waals surface area (Å²) in [7, 11) is 0. The van der Waals surface area contributed by atoms with Crippen LogP contribution in [0.3, 0.4) is 0 Å². The fraction of sp³-hybridized carbons (Fsp3) is 0.318. The minimum absolute atomic E-state index is 0.168. The molecule has 4 rings (SSSR count). The number of aryl methyl sites for hydroxylation is 2. The van der Waals surface area contributed by atoms with E-state index in [4.69, 9.17) is 0 Å². The molecule has 0 bridgehead atoms. The Hall–Kier alpha value is -2.03. The van der Waals surface area contributed by atoms with Crippen LogP contribution in [0.5, 0.6) is 0 Å². The molecule has 2 aromatic carbocycles. The van der Waals surface area contributed by atoms with E-state index < -0.39 is 0 Å². The van der Waals surface area contributed by atoms with E-state index in [0.717, 1.165) is 18.4 Å². The molecule has 0 N–H and O–H groups in total. The van der Waals surface area contributed by atoms with E-state index in [1.807, 2.05) is 30.3 Å². The van der Waals surface area contributed by atoms with Crippen LogP contribution in [0.1, 0.15) is 62.7 Å². The third-order valence-corrected chi connectivity index (χ3v) is 7.02. The van der Waals surface area contributed by atoms with Gasteiger partial charge in [-0.2, -0.15) is 0 Å². The summed E-state index contributed by atoms with van der Waals surface area (Å²) in [6.45, 7) is 2.10. The maximum absolute atomic E-state index is 13.0. The van der Waals surface area contributed by atoms with Crippen LogP contribution < -0.4 is 0 Å². The third kappa shape index (κ3) is 3.58. The first kappa shape index (κ1) is 17.4. The average Bonchev–Trinajstić information content (AvgIpc) is 3.16. The Morgan fingerprint density at radius 1 is 1.15 bits per heavy atom. The van der Waals surface area contributed by atoms with Gasteiger partial charge in [-0.3, -0.25) is 0 Å². The topological polar surface area (TPSA) is 42.9 Å². The van der Waals surface area contributed by atoms with Crippen LogP contribution >= 0.6 is 0 Å². The first-order valence-electron chi connectivity index (χ1n) is 9.18. The number of hydrogen-bond donors (Lipinski definition) is 0. The SMILES string of the molecule is Cc1ccc([C@H](CC(=O)c2ccccc2)[C@@H]2CCCc3[se]nnc32)cc1. The number of benzene rings is 2. The van der Waals surface area contributed by atoms with Gasteiger partial charge in [0, 0.05) is 0 Å². The molecule has 132 valence electrons. The number of hydrogen-bond acceptors (Lipinski definition) is 3. The molecule has 0 amide bonds. The molecule has 0 radical (unpaired) electrons. The van der Waals surface area contributed by atoms with E-state index in [1.165, 1.54) is 27.7 Å². The number of carbonyl (C=O) groups excluding carboxylic acids is 1. The van der Waals surface area contributed by atoms with Crippen LogP contribution in [0, 0.1) is 6.92 Å². The van der Waals surface area contributed by atoms with E-state index in [2.05, 4.69) is 40.4 Å². The van der Waals surface area contributed by atoms with Crippen molar-refractivity contribution in [1.82, 2.24) is 9.19 Å². The van der Waals surface area contributed by atoms with E-state index in [0.29, 0.717) is 12.3 Å². The summed E-state index contributed by atoms with van der Waals surface area (Å²) >= 11 is 0.176. The van der Waals surface area contributed by atoms with Crippen molar-refractivity contribution < 1.29 is 4.79 Å². The Kier molecular flexibility index (Phi) is 5.14. The van der Waals surface area contributed by atoms with Gasteiger partial charge in [-0.05, 0) is 0 Å². The number of aromatic nitrogens is 2. The van der Waals surface area contributed by atoms with Gasteiger partial charge in [0.2, 0.25) is 0 Å². The predicted molar refractivity (Wildman–Crippen MR) is 104 cm³/mol. The zero-order chi connectivity index (χ0) is 17.9. The van der Waals surface area contributed by atoms with Crippen molar-refractivity contribution in [3.63, 3.8) is 0 Å². The summed E-state index contributed by atoms with van der Waals surface area (Å²) in [6.07, 6.45) is 3.93. The molecule has 0 saturated carbocycles. The van der Waals surface area contributed by atoms with E-state index in [9.17, 15) is 4.79 Å². The second-order valence-electron chi connectivity index (χ2n) is 7.09. The summed E-state index contributed by atoms with van der Waals surface area (Å²) in [5, 5.41) is 4.50. The molecule has 3 aromatic rings. The molecule has 3 nitrogen and oxygen atoms in total. The van der Waals surface area contributed by atoms with Crippen LogP contribution in [0.25, 0.3) is 0 Å². The van der Waals surface area contributed by atoms with Gasteiger partial charge in [0.05, 0.1) is 0 Å². The number of nitrogens with zero attached hydrogens (tertiary/aromatic N) is 2. The first-order valence-corrected chi connectivity index (χ1v) is 10.8. The van der Waals surface area contributed by atoms with Gasteiger partial charge in [-0.25, -0.2) is 0 Å². The van der Waals surface area contributed by atoms with Gasteiger partial charge in [-0.1, -0.05) is 0 Å². The monoisotopic (exact) mass is 410 g/mol. The second-order valence-corrected chi connectivity index (χ2v) is 8.85. The molecule has 1 aliphatic rings. The Bertz CT molecular complexity index is 886. The van der Waals surface area contributed by atoms with Gasteiger partial charge in [0.25, 0.3) is 0 Å². The van der Waals surface area contributed by atoms with E-state index in [1.54, 1.807) is 0 Å².